The zero-order chi connectivity index (χ0) is 13.8. The number of hydrogen-bond acceptors (Lipinski definition) is 3. The van der Waals surface area contributed by atoms with E-state index < -0.39 is 12.3 Å². The van der Waals surface area contributed by atoms with Crippen molar-refractivity contribution >= 4 is 12.0 Å². The molecule has 2 amide bonds. The summed E-state index contributed by atoms with van der Waals surface area (Å²) in [5, 5.41) is 2.65. The summed E-state index contributed by atoms with van der Waals surface area (Å²) in [7, 11) is 1.60. The van der Waals surface area contributed by atoms with Crippen LogP contribution in [0.25, 0.3) is 0 Å². The van der Waals surface area contributed by atoms with Gasteiger partial charge in [0, 0.05) is 19.2 Å². The molecule has 1 aromatic rings. The fourth-order valence-electron chi connectivity index (χ4n) is 1.83. The van der Waals surface area contributed by atoms with E-state index in [-0.39, 0.29) is 5.91 Å². The fraction of sp³-hybridized carbons (Fsp3) is 0.286. The van der Waals surface area contributed by atoms with E-state index in [1.54, 1.807) is 20.0 Å². The van der Waals surface area contributed by atoms with Gasteiger partial charge < -0.3 is 15.0 Å². The number of ether oxygens (including phenoxy) is 1. The molecule has 0 aromatic heterocycles. The monoisotopic (exact) mass is 260 g/mol. The van der Waals surface area contributed by atoms with Crippen LogP contribution in [0.1, 0.15) is 12.5 Å². The Morgan fingerprint density at radius 1 is 1.37 bits per heavy atom. The van der Waals surface area contributed by atoms with Crippen molar-refractivity contribution in [2.75, 3.05) is 7.05 Å². The molecule has 0 spiro atoms. The molecule has 0 saturated carbocycles. The molecule has 1 aliphatic rings. The highest BCUT2D eigenvalue weighted by atomic mass is 16.6. The first kappa shape index (κ1) is 13.1. The van der Waals surface area contributed by atoms with Gasteiger partial charge in [-0.15, -0.1) is 0 Å². The lowest BCUT2D eigenvalue weighted by Crippen LogP contribution is -2.37. The zero-order valence-electron chi connectivity index (χ0n) is 10.9. The van der Waals surface area contributed by atoms with E-state index in [1.807, 2.05) is 30.3 Å². The summed E-state index contributed by atoms with van der Waals surface area (Å²) in [6, 6.07) is 9.54. The summed E-state index contributed by atoms with van der Waals surface area (Å²) in [4.78, 5) is 24.5. The largest absolute Gasteiger partial charge is 0.422 e. The Bertz CT molecular complexity index is 511. The van der Waals surface area contributed by atoms with E-state index in [1.165, 1.54) is 4.90 Å². The number of likely N-dealkylation sites (N-methyl/N-ethyl adjacent to an activating group) is 1. The van der Waals surface area contributed by atoms with Gasteiger partial charge in [0.05, 0.1) is 0 Å². The standard InChI is InChI=1S/C14H16N2O3/c1-10-8-12(16(2)13(10)17)19-14(18)15-9-11-6-4-3-5-7-11/h3-8,12H,9H2,1-2H3,(H,15,18). The topological polar surface area (TPSA) is 58.6 Å². The van der Waals surface area contributed by atoms with Crippen molar-refractivity contribution in [3.05, 3.63) is 47.5 Å². The first-order valence-electron chi connectivity index (χ1n) is 6.02. The van der Waals surface area contributed by atoms with Crippen molar-refractivity contribution < 1.29 is 14.3 Å². The van der Waals surface area contributed by atoms with Gasteiger partial charge in [-0.25, -0.2) is 4.79 Å². The van der Waals surface area contributed by atoms with Crippen LogP contribution in [0.5, 0.6) is 0 Å². The lowest BCUT2D eigenvalue weighted by molar-refractivity contribution is -0.129. The number of alkyl carbamates (subject to hydrolysis) is 1. The molecule has 100 valence electrons. The SMILES string of the molecule is CC1=CC(OC(=O)NCc2ccccc2)N(C)C1=O. The van der Waals surface area contributed by atoms with Gasteiger partial charge in [-0.05, 0) is 18.6 Å². The van der Waals surface area contributed by atoms with E-state index in [4.69, 9.17) is 4.74 Å². The molecule has 1 N–H and O–H groups in total. The van der Waals surface area contributed by atoms with E-state index >= 15 is 0 Å². The first-order chi connectivity index (χ1) is 9.08. The molecule has 1 aliphatic heterocycles. The summed E-state index contributed by atoms with van der Waals surface area (Å²) in [6.45, 7) is 2.09. The number of rotatable bonds is 3. The Balaban J connectivity index is 1.84. The van der Waals surface area contributed by atoms with E-state index in [2.05, 4.69) is 5.32 Å². The van der Waals surface area contributed by atoms with Crippen molar-refractivity contribution in [1.82, 2.24) is 10.2 Å². The summed E-state index contributed by atoms with van der Waals surface area (Å²) >= 11 is 0. The van der Waals surface area contributed by atoms with E-state index in [9.17, 15) is 9.59 Å². The Hall–Kier alpha value is -2.30. The maximum absolute atomic E-state index is 11.6. The molecule has 19 heavy (non-hydrogen) atoms. The third-order valence-electron chi connectivity index (χ3n) is 2.94. The second-order valence-corrected chi connectivity index (χ2v) is 4.40. The predicted octanol–water partition coefficient (Wildman–Crippen LogP) is 1.66. The summed E-state index contributed by atoms with van der Waals surface area (Å²) < 4.78 is 5.16. The molecule has 5 heteroatoms. The molecule has 0 fully saturated rings. The van der Waals surface area contributed by atoms with Gasteiger partial charge in [-0.2, -0.15) is 0 Å². The van der Waals surface area contributed by atoms with Crippen LogP contribution in [0.4, 0.5) is 4.79 Å². The predicted molar refractivity (Wildman–Crippen MR) is 70.1 cm³/mol. The van der Waals surface area contributed by atoms with E-state index in [0.29, 0.717) is 12.1 Å². The van der Waals surface area contributed by atoms with Gasteiger partial charge >= 0.3 is 6.09 Å². The second kappa shape index (κ2) is 5.56. The molecule has 1 aromatic carbocycles. The maximum atomic E-state index is 11.6. The van der Waals surface area contributed by atoms with Gasteiger partial charge in [-0.3, -0.25) is 4.79 Å². The molecule has 0 saturated heterocycles. The van der Waals surface area contributed by atoms with Crippen LogP contribution in [-0.4, -0.2) is 30.2 Å². The van der Waals surface area contributed by atoms with Crippen LogP contribution in [0, 0.1) is 0 Å². The van der Waals surface area contributed by atoms with Gasteiger partial charge in [0.25, 0.3) is 5.91 Å². The smallest absolute Gasteiger partial charge is 0.409 e. The highest BCUT2D eigenvalue weighted by Crippen LogP contribution is 2.16. The van der Waals surface area contributed by atoms with Crippen molar-refractivity contribution in [1.29, 1.82) is 0 Å². The van der Waals surface area contributed by atoms with Crippen molar-refractivity contribution in [2.24, 2.45) is 0 Å². The summed E-state index contributed by atoms with van der Waals surface area (Å²) in [5.74, 6) is -0.124. The van der Waals surface area contributed by atoms with Gasteiger partial charge in [-0.1, -0.05) is 30.3 Å². The molecule has 2 rings (SSSR count). The van der Waals surface area contributed by atoms with Crippen LogP contribution in [0.15, 0.2) is 42.0 Å². The molecule has 5 nitrogen and oxygen atoms in total. The number of carbonyl (C=O) groups excluding carboxylic acids is 2. The van der Waals surface area contributed by atoms with Gasteiger partial charge in [0.2, 0.25) is 0 Å². The molecule has 1 atom stereocenters. The third-order valence-corrected chi connectivity index (χ3v) is 2.94. The van der Waals surface area contributed by atoms with Crippen molar-refractivity contribution in [2.45, 2.75) is 19.7 Å². The highest BCUT2D eigenvalue weighted by molar-refractivity contribution is 5.95. The first-order valence-corrected chi connectivity index (χ1v) is 6.02. The molecule has 0 bridgehead atoms. The number of nitrogens with one attached hydrogen (secondary N) is 1. The number of hydrogen-bond donors (Lipinski definition) is 1. The number of nitrogens with zero attached hydrogens (tertiary/aromatic N) is 1. The van der Waals surface area contributed by atoms with Gasteiger partial charge in [0.1, 0.15) is 0 Å². The Morgan fingerprint density at radius 3 is 2.63 bits per heavy atom. The highest BCUT2D eigenvalue weighted by Gasteiger charge is 2.29. The maximum Gasteiger partial charge on any atom is 0.409 e. The average molecular weight is 260 g/mol. The van der Waals surface area contributed by atoms with Crippen LogP contribution in [0.3, 0.4) is 0 Å². The quantitative estimate of drug-likeness (QED) is 0.899. The van der Waals surface area contributed by atoms with Crippen molar-refractivity contribution in [3.8, 4) is 0 Å². The molecule has 1 heterocycles. The summed E-state index contributed by atoms with van der Waals surface area (Å²) in [6.07, 6.45) is 0.465. The minimum atomic E-state index is -0.622. The third kappa shape index (κ3) is 3.13. The fourth-order valence-corrected chi connectivity index (χ4v) is 1.83. The minimum absolute atomic E-state index is 0.124. The van der Waals surface area contributed by atoms with Crippen LogP contribution in [-0.2, 0) is 16.1 Å². The molecule has 1 unspecified atom stereocenters. The molecular weight excluding hydrogens is 244 g/mol. The van der Waals surface area contributed by atoms with Crippen LogP contribution < -0.4 is 5.32 Å². The normalized spacial score (nSPS) is 18.2. The van der Waals surface area contributed by atoms with Crippen molar-refractivity contribution in [3.63, 3.8) is 0 Å². The number of carbonyl (C=O) groups is 2. The summed E-state index contributed by atoms with van der Waals surface area (Å²) in [5.41, 5.74) is 1.57. The van der Waals surface area contributed by atoms with E-state index in [0.717, 1.165) is 5.56 Å². The number of benzene rings is 1. The lowest BCUT2D eigenvalue weighted by Gasteiger charge is -2.19. The Morgan fingerprint density at radius 2 is 2.05 bits per heavy atom. The molecule has 0 aliphatic carbocycles. The zero-order valence-corrected chi connectivity index (χ0v) is 10.9. The molecular formula is C14H16N2O3. The molecule has 0 radical (unpaired) electrons. The van der Waals surface area contributed by atoms with Gasteiger partial charge in [0.15, 0.2) is 6.23 Å². The Kier molecular flexibility index (Phi) is 3.85. The Labute approximate surface area is 111 Å². The minimum Gasteiger partial charge on any atom is -0.422 e. The lowest BCUT2D eigenvalue weighted by atomic mass is 10.2. The van der Waals surface area contributed by atoms with Crippen LogP contribution in [0.2, 0.25) is 0 Å². The average Bonchev–Trinajstić information content (AvgIpc) is 2.65. The van der Waals surface area contributed by atoms with Crippen LogP contribution >= 0.6 is 0 Å². The number of amides is 2. The second-order valence-electron chi connectivity index (χ2n) is 4.40.